The molecule has 0 aromatic carbocycles. The van der Waals surface area contributed by atoms with Gasteiger partial charge < -0.3 is 8.43 Å². The standard InChI is InChI=1S/C7H21O2PSi2/c1-10(8-11(2,3)4)9-12(5,6)7/h1-7H3. The van der Waals surface area contributed by atoms with Crippen LogP contribution in [0.1, 0.15) is 0 Å². The van der Waals surface area contributed by atoms with Crippen molar-refractivity contribution >= 4 is 25.0 Å². The van der Waals surface area contributed by atoms with E-state index in [0.29, 0.717) is 0 Å². The Hall–Kier alpha value is 0.784. The summed E-state index contributed by atoms with van der Waals surface area (Å²) in [4.78, 5) is 0. The average Bonchev–Trinajstić information content (AvgIpc) is 1.49. The van der Waals surface area contributed by atoms with Crippen molar-refractivity contribution in [1.82, 2.24) is 0 Å². The summed E-state index contributed by atoms with van der Waals surface area (Å²) in [7, 11) is -3.42. The molecule has 0 saturated carbocycles. The van der Waals surface area contributed by atoms with Gasteiger partial charge in [-0.1, -0.05) is 0 Å². The number of hydrogen-bond acceptors (Lipinski definition) is 2. The van der Waals surface area contributed by atoms with Crippen LogP contribution < -0.4 is 0 Å². The highest BCUT2D eigenvalue weighted by atomic mass is 31.2. The molecule has 0 rings (SSSR count). The lowest BCUT2D eigenvalue weighted by Crippen LogP contribution is -2.27. The molecule has 0 atom stereocenters. The highest BCUT2D eigenvalue weighted by Crippen LogP contribution is 2.40. The van der Waals surface area contributed by atoms with E-state index in [1.165, 1.54) is 0 Å². The second kappa shape index (κ2) is 4.33. The van der Waals surface area contributed by atoms with E-state index in [9.17, 15) is 0 Å². The Morgan fingerprint density at radius 2 is 1.00 bits per heavy atom. The van der Waals surface area contributed by atoms with Gasteiger partial charge in [0.1, 0.15) is 8.38 Å². The molecule has 0 amide bonds. The molecule has 0 saturated heterocycles. The molecule has 0 aliphatic carbocycles. The first kappa shape index (κ1) is 12.8. The zero-order valence-electron chi connectivity index (χ0n) is 9.26. The molecule has 0 N–H and O–H groups in total. The lowest BCUT2D eigenvalue weighted by atomic mass is 11.8. The van der Waals surface area contributed by atoms with Gasteiger partial charge in [0.2, 0.25) is 0 Å². The second-order valence-electron chi connectivity index (χ2n) is 4.85. The maximum absolute atomic E-state index is 5.83. The monoisotopic (exact) mass is 224 g/mol. The summed E-state index contributed by atoms with van der Waals surface area (Å²) < 4.78 is 11.7. The fourth-order valence-corrected chi connectivity index (χ4v) is 7.45. The van der Waals surface area contributed by atoms with E-state index in [4.69, 9.17) is 8.43 Å². The maximum atomic E-state index is 5.83. The molecule has 0 fully saturated rings. The Morgan fingerprint density at radius 3 is 1.17 bits per heavy atom. The van der Waals surface area contributed by atoms with Gasteiger partial charge in [-0.3, -0.25) is 0 Å². The minimum Gasteiger partial charge on any atom is -0.376 e. The van der Waals surface area contributed by atoms with Gasteiger partial charge >= 0.3 is 0 Å². The molecular formula is C7H21O2PSi2. The Kier molecular flexibility index (Phi) is 4.62. The molecule has 0 aliphatic rings. The Bertz CT molecular complexity index is 123. The lowest BCUT2D eigenvalue weighted by Gasteiger charge is -2.27. The second-order valence-corrected chi connectivity index (χ2v) is 15.6. The van der Waals surface area contributed by atoms with Crippen LogP contribution in [-0.4, -0.2) is 23.3 Å². The SMILES string of the molecule is CP(O[Si](C)(C)C)O[Si](C)(C)C. The van der Waals surface area contributed by atoms with Crippen molar-refractivity contribution in [2.75, 3.05) is 6.66 Å². The van der Waals surface area contributed by atoms with Crippen molar-refractivity contribution in [3.8, 4) is 0 Å². The molecule has 0 aliphatic heterocycles. The first-order valence-electron chi connectivity index (χ1n) is 4.22. The third-order valence-electron chi connectivity index (χ3n) is 0.805. The summed E-state index contributed by atoms with van der Waals surface area (Å²) in [6, 6.07) is 0. The van der Waals surface area contributed by atoms with Gasteiger partial charge in [0, 0.05) is 6.66 Å². The quantitative estimate of drug-likeness (QED) is 0.536. The fourth-order valence-electron chi connectivity index (χ4n) is 0.790. The summed E-state index contributed by atoms with van der Waals surface area (Å²) in [5.41, 5.74) is 0. The number of rotatable bonds is 4. The molecule has 0 spiro atoms. The minimum absolute atomic E-state index is 0.633. The van der Waals surface area contributed by atoms with E-state index in [1.54, 1.807) is 0 Å². The van der Waals surface area contributed by atoms with Gasteiger partial charge in [0.15, 0.2) is 16.6 Å². The topological polar surface area (TPSA) is 18.5 Å². The van der Waals surface area contributed by atoms with Crippen LogP contribution in [0.15, 0.2) is 0 Å². The van der Waals surface area contributed by atoms with Gasteiger partial charge in [-0.25, -0.2) is 0 Å². The highest BCUT2D eigenvalue weighted by Gasteiger charge is 2.24. The van der Waals surface area contributed by atoms with Crippen LogP contribution >= 0.6 is 8.38 Å². The minimum atomic E-state index is -1.39. The lowest BCUT2D eigenvalue weighted by molar-refractivity contribution is 0.496. The van der Waals surface area contributed by atoms with E-state index >= 15 is 0 Å². The first-order valence-corrected chi connectivity index (χ1v) is 12.7. The summed E-state index contributed by atoms with van der Waals surface area (Å²) >= 11 is 0. The summed E-state index contributed by atoms with van der Waals surface area (Å²) in [6.45, 7) is 15.2. The van der Waals surface area contributed by atoms with E-state index in [-0.39, 0.29) is 0 Å². The van der Waals surface area contributed by atoms with Gasteiger partial charge in [-0.2, -0.15) is 0 Å². The Balaban J connectivity index is 3.83. The third kappa shape index (κ3) is 8.88. The van der Waals surface area contributed by atoms with Crippen molar-refractivity contribution in [2.24, 2.45) is 0 Å². The molecule has 74 valence electrons. The largest absolute Gasteiger partial charge is 0.376 e. The fraction of sp³-hybridized carbons (Fsp3) is 1.00. The van der Waals surface area contributed by atoms with Crippen LogP contribution in [0.3, 0.4) is 0 Å². The molecular weight excluding hydrogens is 203 g/mol. The van der Waals surface area contributed by atoms with Crippen LogP contribution in [0.4, 0.5) is 0 Å². The van der Waals surface area contributed by atoms with Gasteiger partial charge in [-0.05, 0) is 39.3 Å². The van der Waals surface area contributed by atoms with E-state index in [0.717, 1.165) is 0 Å². The third-order valence-corrected chi connectivity index (χ3v) is 7.24. The van der Waals surface area contributed by atoms with Crippen LogP contribution in [0.2, 0.25) is 39.3 Å². The van der Waals surface area contributed by atoms with Crippen LogP contribution in [0, 0.1) is 0 Å². The summed E-state index contributed by atoms with van der Waals surface area (Å²) in [5.74, 6) is 0. The van der Waals surface area contributed by atoms with Crippen molar-refractivity contribution in [3.05, 3.63) is 0 Å². The predicted molar refractivity (Wildman–Crippen MR) is 61.7 cm³/mol. The van der Waals surface area contributed by atoms with Crippen molar-refractivity contribution < 1.29 is 8.43 Å². The molecule has 2 nitrogen and oxygen atoms in total. The maximum Gasteiger partial charge on any atom is 0.191 e. The van der Waals surface area contributed by atoms with Crippen LogP contribution in [0.25, 0.3) is 0 Å². The van der Waals surface area contributed by atoms with Crippen LogP contribution in [-0.2, 0) is 8.43 Å². The molecule has 0 bridgehead atoms. The van der Waals surface area contributed by atoms with Crippen molar-refractivity contribution in [2.45, 2.75) is 39.3 Å². The zero-order valence-corrected chi connectivity index (χ0v) is 12.2. The molecule has 0 unspecified atom stereocenters. The summed E-state index contributed by atoms with van der Waals surface area (Å²) in [6.07, 6.45) is 0. The summed E-state index contributed by atoms with van der Waals surface area (Å²) in [5, 5.41) is 0. The Labute approximate surface area is 79.8 Å². The van der Waals surface area contributed by atoms with Crippen molar-refractivity contribution in [1.29, 1.82) is 0 Å². The molecule has 0 aromatic heterocycles. The van der Waals surface area contributed by atoms with Gasteiger partial charge in [-0.15, -0.1) is 0 Å². The van der Waals surface area contributed by atoms with Crippen molar-refractivity contribution in [3.63, 3.8) is 0 Å². The Morgan fingerprint density at radius 1 is 0.750 bits per heavy atom. The van der Waals surface area contributed by atoms with E-state index in [1.807, 2.05) is 0 Å². The van der Waals surface area contributed by atoms with E-state index < -0.39 is 25.0 Å². The molecule has 12 heavy (non-hydrogen) atoms. The molecule has 5 heteroatoms. The number of hydrogen-bond donors (Lipinski definition) is 0. The van der Waals surface area contributed by atoms with Crippen LogP contribution in [0.5, 0.6) is 0 Å². The van der Waals surface area contributed by atoms with Gasteiger partial charge in [0.25, 0.3) is 0 Å². The smallest absolute Gasteiger partial charge is 0.191 e. The molecule has 0 heterocycles. The van der Waals surface area contributed by atoms with E-state index in [2.05, 4.69) is 45.9 Å². The highest BCUT2D eigenvalue weighted by molar-refractivity contribution is 7.50. The first-order chi connectivity index (χ1) is 5.10. The zero-order chi connectivity index (χ0) is 9.99. The van der Waals surface area contributed by atoms with Gasteiger partial charge in [0.05, 0.1) is 0 Å². The molecule has 0 aromatic rings. The average molecular weight is 224 g/mol. The normalized spacial score (nSPS) is 14.0. The predicted octanol–water partition coefficient (Wildman–Crippen LogP) is 3.63. The molecule has 0 radical (unpaired) electrons.